The van der Waals surface area contributed by atoms with Gasteiger partial charge in [0, 0.05) is 12.1 Å². The van der Waals surface area contributed by atoms with Crippen molar-refractivity contribution in [3.8, 4) is 0 Å². The number of nitrogens with one attached hydrogen (secondary N) is 2. The van der Waals surface area contributed by atoms with Gasteiger partial charge in [-0.15, -0.1) is 0 Å². The molecule has 3 rings (SSSR count). The lowest BCUT2D eigenvalue weighted by Crippen LogP contribution is -3.12. The minimum Gasteiger partial charge on any atom is -0.452 e. The van der Waals surface area contributed by atoms with E-state index in [0.717, 1.165) is 45.7 Å². The first-order chi connectivity index (χ1) is 14.2. The zero-order valence-electron chi connectivity index (χ0n) is 16.7. The fraction of sp³-hybridized carbons (Fsp3) is 0.391. The summed E-state index contributed by atoms with van der Waals surface area (Å²) in [5.74, 6) is -0.756. The number of amides is 1. The number of carbonyl (C=O) groups is 2. The molecule has 0 aliphatic carbocycles. The highest BCUT2D eigenvalue weighted by Crippen LogP contribution is 2.06. The molecular weight excluding hydrogens is 368 g/mol. The number of hydrogen-bond acceptors (Lipinski definition) is 4. The summed E-state index contributed by atoms with van der Waals surface area (Å²) in [5, 5.41) is 2.79. The lowest BCUT2D eigenvalue weighted by molar-refractivity contribution is -0.921. The molecule has 29 heavy (non-hydrogen) atoms. The Balaban J connectivity index is 1.33. The van der Waals surface area contributed by atoms with Crippen LogP contribution in [0.2, 0.25) is 0 Å². The fourth-order valence-corrected chi connectivity index (χ4v) is 3.31. The minimum atomic E-state index is -0.477. The van der Waals surface area contributed by atoms with E-state index in [4.69, 9.17) is 9.47 Å². The fourth-order valence-electron chi connectivity index (χ4n) is 3.31. The highest BCUT2D eigenvalue weighted by atomic mass is 16.5. The van der Waals surface area contributed by atoms with Gasteiger partial charge < -0.3 is 19.7 Å². The Labute approximate surface area is 171 Å². The van der Waals surface area contributed by atoms with Crippen molar-refractivity contribution in [3.05, 3.63) is 71.3 Å². The zero-order valence-corrected chi connectivity index (χ0v) is 16.7. The van der Waals surface area contributed by atoms with Crippen LogP contribution in [0.1, 0.15) is 27.9 Å². The van der Waals surface area contributed by atoms with Crippen LogP contribution in [0.3, 0.4) is 0 Å². The van der Waals surface area contributed by atoms with Gasteiger partial charge in [-0.05, 0) is 30.5 Å². The first-order valence-corrected chi connectivity index (χ1v) is 10.2. The smallest absolute Gasteiger partial charge is 0.338 e. The highest BCUT2D eigenvalue weighted by molar-refractivity contribution is 5.91. The average molecular weight is 397 g/mol. The molecule has 1 aliphatic rings. The maximum Gasteiger partial charge on any atom is 0.338 e. The van der Waals surface area contributed by atoms with Gasteiger partial charge in [-0.1, -0.05) is 42.5 Å². The van der Waals surface area contributed by atoms with Gasteiger partial charge in [0.15, 0.2) is 6.61 Å². The molecule has 0 saturated carbocycles. The van der Waals surface area contributed by atoms with Crippen molar-refractivity contribution in [1.29, 1.82) is 0 Å². The molecule has 1 saturated heterocycles. The van der Waals surface area contributed by atoms with Crippen molar-refractivity contribution < 1.29 is 24.0 Å². The van der Waals surface area contributed by atoms with Crippen molar-refractivity contribution in [3.63, 3.8) is 0 Å². The number of morpholine rings is 1. The second kappa shape index (κ2) is 11.3. The molecular formula is C23H29N2O4+. The van der Waals surface area contributed by atoms with Crippen LogP contribution in [0.4, 0.5) is 0 Å². The molecule has 1 aliphatic heterocycles. The van der Waals surface area contributed by atoms with Gasteiger partial charge in [-0.2, -0.15) is 0 Å². The molecule has 0 unspecified atom stereocenters. The molecule has 2 aromatic rings. The third-order valence-electron chi connectivity index (χ3n) is 4.99. The molecule has 154 valence electrons. The van der Waals surface area contributed by atoms with Crippen LogP contribution in [0.15, 0.2) is 54.6 Å². The highest BCUT2D eigenvalue weighted by Gasteiger charge is 2.15. The van der Waals surface area contributed by atoms with Crippen LogP contribution in [0.25, 0.3) is 0 Å². The van der Waals surface area contributed by atoms with Crippen LogP contribution in [-0.4, -0.2) is 51.3 Å². The van der Waals surface area contributed by atoms with Crippen LogP contribution in [0, 0.1) is 0 Å². The summed E-state index contributed by atoms with van der Waals surface area (Å²) < 4.78 is 10.5. The molecule has 0 aromatic heterocycles. The van der Waals surface area contributed by atoms with E-state index in [0.29, 0.717) is 12.1 Å². The molecule has 0 bridgehead atoms. The predicted octanol–water partition coefficient (Wildman–Crippen LogP) is 1.01. The Kier molecular flexibility index (Phi) is 8.22. The monoisotopic (exact) mass is 397 g/mol. The zero-order chi connectivity index (χ0) is 20.3. The van der Waals surface area contributed by atoms with Gasteiger partial charge in [0.2, 0.25) is 0 Å². The van der Waals surface area contributed by atoms with E-state index in [-0.39, 0.29) is 12.5 Å². The van der Waals surface area contributed by atoms with E-state index in [2.05, 4.69) is 17.4 Å². The summed E-state index contributed by atoms with van der Waals surface area (Å²) in [4.78, 5) is 25.5. The van der Waals surface area contributed by atoms with E-state index < -0.39 is 5.97 Å². The van der Waals surface area contributed by atoms with E-state index in [1.807, 2.05) is 30.3 Å². The lowest BCUT2D eigenvalue weighted by atomic mass is 10.1. The second-order valence-corrected chi connectivity index (χ2v) is 7.25. The predicted molar refractivity (Wildman–Crippen MR) is 110 cm³/mol. The first kappa shape index (κ1) is 21.0. The number of ether oxygens (including phenoxy) is 2. The average Bonchev–Trinajstić information content (AvgIpc) is 2.77. The summed E-state index contributed by atoms with van der Waals surface area (Å²) in [6.45, 7) is 4.83. The van der Waals surface area contributed by atoms with Crippen molar-refractivity contribution >= 4 is 11.9 Å². The summed E-state index contributed by atoms with van der Waals surface area (Å²) >= 11 is 0. The molecule has 1 amide bonds. The Morgan fingerprint density at radius 1 is 0.966 bits per heavy atom. The summed E-state index contributed by atoms with van der Waals surface area (Å²) in [7, 11) is 0. The SMILES string of the molecule is O=C(COC(=O)c1ccc(C[NH+]2CCOCC2)cc1)NCCCc1ccccc1. The van der Waals surface area contributed by atoms with Gasteiger partial charge in [0.05, 0.1) is 18.8 Å². The van der Waals surface area contributed by atoms with Crippen molar-refractivity contribution in [2.45, 2.75) is 19.4 Å². The summed E-state index contributed by atoms with van der Waals surface area (Å²) in [6.07, 6.45) is 1.75. The van der Waals surface area contributed by atoms with Crippen molar-refractivity contribution in [2.75, 3.05) is 39.5 Å². The molecule has 6 nitrogen and oxygen atoms in total. The molecule has 0 atom stereocenters. The quantitative estimate of drug-likeness (QED) is 0.490. The normalized spacial score (nSPS) is 14.3. The number of carbonyl (C=O) groups excluding carboxylic acids is 2. The van der Waals surface area contributed by atoms with E-state index >= 15 is 0 Å². The molecule has 0 radical (unpaired) electrons. The van der Waals surface area contributed by atoms with Gasteiger partial charge >= 0.3 is 5.97 Å². The number of benzene rings is 2. The Morgan fingerprint density at radius 3 is 2.41 bits per heavy atom. The van der Waals surface area contributed by atoms with Crippen LogP contribution >= 0.6 is 0 Å². The molecule has 6 heteroatoms. The Bertz CT molecular complexity index is 771. The largest absolute Gasteiger partial charge is 0.452 e. The molecule has 2 N–H and O–H groups in total. The van der Waals surface area contributed by atoms with Gasteiger partial charge in [0.25, 0.3) is 5.91 Å². The third kappa shape index (κ3) is 7.33. The maximum absolute atomic E-state index is 12.1. The maximum atomic E-state index is 12.1. The lowest BCUT2D eigenvalue weighted by Gasteiger charge is -2.23. The number of quaternary nitrogens is 1. The topological polar surface area (TPSA) is 69.1 Å². The minimum absolute atomic E-state index is 0.260. The molecule has 0 spiro atoms. The molecule has 2 aromatic carbocycles. The van der Waals surface area contributed by atoms with Crippen LogP contribution in [-0.2, 0) is 27.2 Å². The van der Waals surface area contributed by atoms with E-state index in [1.165, 1.54) is 16.0 Å². The number of aryl methyl sites for hydroxylation is 1. The van der Waals surface area contributed by atoms with Crippen molar-refractivity contribution in [1.82, 2.24) is 5.32 Å². The Morgan fingerprint density at radius 2 is 1.69 bits per heavy atom. The standard InChI is InChI=1S/C23H28N2O4/c26-22(24-12-4-7-19-5-2-1-3-6-19)18-29-23(27)21-10-8-20(9-11-21)17-25-13-15-28-16-14-25/h1-3,5-6,8-11H,4,7,12-18H2,(H,24,26)/p+1. The number of rotatable bonds is 9. The Hall–Kier alpha value is -2.70. The molecule has 1 fully saturated rings. The van der Waals surface area contributed by atoms with Gasteiger partial charge in [0.1, 0.15) is 19.6 Å². The van der Waals surface area contributed by atoms with Crippen molar-refractivity contribution in [2.24, 2.45) is 0 Å². The van der Waals surface area contributed by atoms with Gasteiger partial charge in [-0.25, -0.2) is 4.79 Å². The second-order valence-electron chi connectivity index (χ2n) is 7.25. The molecule has 1 heterocycles. The number of esters is 1. The third-order valence-corrected chi connectivity index (χ3v) is 4.99. The van der Waals surface area contributed by atoms with Gasteiger partial charge in [-0.3, -0.25) is 4.79 Å². The summed E-state index contributed by atoms with van der Waals surface area (Å²) in [5.41, 5.74) is 2.88. The summed E-state index contributed by atoms with van der Waals surface area (Å²) in [6, 6.07) is 17.5. The van der Waals surface area contributed by atoms with Crippen LogP contribution in [0.5, 0.6) is 0 Å². The van der Waals surface area contributed by atoms with Crippen LogP contribution < -0.4 is 10.2 Å². The van der Waals surface area contributed by atoms with E-state index in [9.17, 15) is 9.59 Å². The van der Waals surface area contributed by atoms with E-state index in [1.54, 1.807) is 12.1 Å². The first-order valence-electron chi connectivity index (χ1n) is 10.2. The number of hydrogen-bond donors (Lipinski definition) is 2.